The van der Waals surface area contributed by atoms with Crippen LogP contribution in [0.15, 0.2) is 0 Å². The Morgan fingerprint density at radius 1 is 1.36 bits per heavy atom. The van der Waals surface area contributed by atoms with Gasteiger partial charge in [-0.25, -0.2) is 0 Å². The summed E-state index contributed by atoms with van der Waals surface area (Å²) in [5.41, 5.74) is 4.77. The predicted molar refractivity (Wildman–Crippen MR) is 61.3 cm³/mol. The maximum absolute atomic E-state index is 9.66. The molecule has 0 aliphatic rings. The lowest BCUT2D eigenvalue weighted by Crippen LogP contribution is -2.34. The Morgan fingerprint density at radius 2 is 1.93 bits per heavy atom. The number of unbranched alkanes of at least 4 members (excludes halogenated alkanes) is 1. The van der Waals surface area contributed by atoms with E-state index in [1.54, 1.807) is 6.92 Å². The molecule has 86 valence electrons. The van der Waals surface area contributed by atoms with Gasteiger partial charge in [0.25, 0.3) is 0 Å². The largest absolute Gasteiger partial charge is 0.389 e. The summed E-state index contributed by atoms with van der Waals surface area (Å²) in [5, 5.41) is 9.66. The minimum absolute atomic E-state index is 0.354. The van der Waals surface area contributed by atoms with Gasteiger partial charge in [-0.05, 0) is 53.6 Å². The Balaban J connectivity index is 3.47. The van der Waals surface area contributed by atoms with Gasteiger partial charge in [-0.1, -0.05) is 0 Å². The molecule has 0 aromatic rings. The third-order valence-corrected chi connectivity index (χ3v) is 2.80. The van der Waals surface area contributed by atoms with Gasteiger partial charge in [0.05, 0.1) is 5.60 Å². The molecular weight excluding hydrogens is 176 g/mol. The number of rotatable bonds is 7. The van der Waals surface area contributed by atoms with Crippen LogP contribution >= 0.6 is 0 Å². The van der Waals surface area contributed by atoms with Crippen molar-refractivity contribution >= 4 is 0 Å². The smallest absolute Gasteiger partial charge is 0.0741 e. The van der Waals surface area contributed by atoms with Crippen LogP contribution in [-0.2, 0) is 0 Å². The molecular formula is C11H26N2O. The van der Waals surface area contributed by atoms with Crippen LogP contribution in [0.3, 0.4) is 0 Å². The number of nitrogens with zero attached hydrogens (tertiary/aromatic N) is 1. The molecule has 0 saturated heterocycles. The summed E-state index contributed by atoms with van der Waals surface area (Å²) in [4.78, 5) is 2.32. The summed E-state index contributed by atoms with van der Waals surface area (Å²) in [6.07, 6.45) is 2.97. The number of aliphatic hydroxyl groups is 1. The number of nitrogens with two attached hydrogens (primary N) is 1. The van der Waals surface area contributed by atoms with Crippen molar-refractivity contribution in [3.05, 3.63) is 0 Å². The van der Waals surface area contributed by atoms with Crippen molar-refractivity contribution in [3.63, 3.8) is 0 Å². The normalized spacial score (nSPS) is 16.3. The molecule has 0 amide bonds. The van der Waals surface area contributed by atoms with Crippen LogP contribution in [-0.4, -0.2) is 41.8 Å². The second-order valence-corrected chi connectivity index (χ2v) is 4.73. The number of hydrogen-bond donors (Lipinski definition) is 2. The lowest BCUT2D eigenvalue weighted by Gasteiger charge is -2.23. The molecule has 3 N–H and O–H groups in total. The molecule has 0 aliphatic carbocycles. The van der Waals surface area contributed by atoms with Crippen molar-refractivity contribution in [1.29, 1.82) is 0 Å². The summed E-state index contributed by atoms with van der Waals surface area (Å²) < 4.78 is 0. The van der Waals surface area contributed by atoms with E-state index in [-0.39, 0.29) is 0 Å². The van der Waals surface area contributed by atoms with Crippen LogP contribution < -0.4 is 5.73 Å². The summed E-state index contributed by atoms with van der Waals surface area (Å²) in [5.74, 6) is 0. The van der Waals surface area contributed by atoms with Crippen molar-refractivity contribution < 1.29 is 5.11 Å². The van der Waals surface area contributed by atoms with Gasteiger partial charge in [0.1, 0.15) is 0 Å². The molecule has 0 radical (unpaired) electrons. The second kappa shape index (κ2) is 6.38. The van der Waals surface area contributed by atoms with Crippen molar-refractivity contribution in [3.8, 4) is 0 Å². The van der Waals surface area contributed by atoms with Crippen LogP contribution in [0.2, 0.25) is 0 Å². The van der Waals surface area contributed by atoms with Gasteiger partial charge in [-0.2, -0.15) is 0 Å². The highest BCUT2D eigenvalue weighted by atomic mass is 16.3. The average molecular weight is 202 g/mol. The van der Waals surface area contributed by atoms with Crippen molar-refractivity contribution in [2.75, 3.05) is 20.1 Å². The maximum Gasteiger partial charge on any atom is 0.0741 e. The molecule has 1 unspecified atom stereocenters. The molecule has 0 heterocycles. The topological polar surface area (TPSA) is 49.5 Å². The van der Waals surface area contributed by atoms with E-state index in [2.05, 4.69) is 25.8 Å². The summed E-state index contributed by atoms with van der Waals surface area (Å²) >= 11 is 0. The van der Waals surface area contributed by atoms with E-state index in [4.69, 9.17) is 5.73 Å². The molecule has 0 spiro atoms. The zero-order valence-electron chi connectivity index (χ0n) is 10.1. The van der Waals surface area contributed by atoms with Gasteiger partial charge < -0.3 is 15.7 Å². The Morgan fingerprint density at radius 3 is 2.36 bits per heavy atom. The Hall–Kier alpha value is -0.120. The molecule has 3 nitrogen and oxygen atoms in total. The van der Waals surface area contributed by atoms with Crippen LogP contribution in [0, 0.1) is 0 Å². The molecule has 0 aromatic carbocycles. The van der Waals surface area contributed by atoms with E-state index in [0.29, 0.717) is 12.6 Å². The summed E-state index contributed by atoms with van der Waals surface area (Å²) in [6.45, 7) is 7.64. The standard InChI is InChI=1S/C11H26N2O/c1-10(2)13(4)8-6-5-7-11(3,14)9-12/h10,14H,5-9,12H2,1-4H3. The van der Waals surface area contributed by atoms with E-state index in [1.165, 1.54) is 0 Å². The highest BCUT2D eigenvalue weighted by molar-refractivity contribution is 4.73. The lowest BCUT2D eigenvalue weighted by atomic mass is 9.99. The van der Waals surface area contributed by atoms with Gasteiger partial charge in [-0.15, -0.1) is 0 Å². The molecule has 1 atom stereocenters. The van der Waals surface area contributed by atoms with Gasteiger partial charge >= 0.3 is 0 Å². The van der Waals surface area contributed by atoms with Crippen LogP contribution in [0.25, 0.3) is 0 Å². The quantitative estimate of drug-likeness (QED) is 0.610. The predicted octanol–water partition coefficient (Wildman–Crippen LogP) is 1.21. The maximum atomic E-state index is 9.66. The molecule has 0 bridgehead atoms. The third kappa shape index (κ3) is 6.35. The van der Waals surface area contributed by atoms with Gasteiger partial charge in [0.15, 0.2) is 0 Å². The molecule has 0 aliphatic heterocycles. The molecule has 0 saturated carbocycles. The summed E-state index contributed by atoms with van der Waals surface area (Å²) in [6, 6.07) is 0.602. The highest BCUT2D eigenvalue weighted by Gasteiger charge is 2.16. The van der Waals surface area contributed by atoms with Crippen molar-refractivity contribution in [2.45, 2.75) is 51.7 Å². The highest BCUT2D eigenvalue weighted by Crippen LogP contribution is 2.12. The van der Waals surface area contributed by atoms with E-state index in [0.717, 1.165) is 25.8 Å². The SMILES string of the molecule is CC(C)N(C)CCCCC(C)(O)CN. The average Bonchev–Trinajstić information content (AvgIpc) is 2.12. The van der Waals surface area contributed by atoms with Crippen LogP contribution in [0.1, 0.15) is 40.0 Å². The first-order valence-corrected chi connectivity index (χ1v) is 5.52. The van der Waals surface area contributed by atoms with Crippen LogP contribution in [0.4, 0.5) is 0 Å². The van der Waals surface area contributed by atoms with Gasteiger partial charge in [0, 0.05) is 12.6 Å². The second-order valence-electron chi connectivity index (χ2n) is 4.73. The minimum atomic E-state index is -0.670. The van der Waals surface area contributed by atoms with Crippen molar-refractivity contribution in [1.82, 2.24) is 4.90 Å². The Bertz CT molecular complexity index is 146. The van der Waals surface area contributed by atoms with E-state index in [1.807, 2.05) is 0 Å². The van der Waals surface area contributed by atoms with Gasteiger partial charge in [-0.3, -0.25) is 0 Å². The minimum Gasteiger partial charge on any atom is -0.389 e. The Kier molecular flexibility index (Phi) is 6.33. The fourth-order valence-corrected chi connectivity index (χ4v) is 1.23. The molecule has 14 heavy (non-hydrogen) atoms. The lowest BCUT2D eigenvalue weighted by molar-refractivity contribution is 0.0563. The third-order valence-electron chi connectivity index (χ3n) is 2.80. The Labute approximate surface area is 88.3 Å². The van der Waals surface area contributed by atoms with E-state index < -0.39 is 5.60 Å². The molecule has 0 fully saturated rings. The molecule has 0 aromatic heterocycles. The zero-order valence-corrected chi connectivity index (χ0v) is 10.1. The van der Waals surface area contributed by atoms with Crippen LogP contribution in [0.5, 0.6) is 0 Å². The fourth-order valence-electron chi connectivity index (χ4n) is 1.23. The van der Waals surface area contributed by atoms with Crippen molar-refractivity contribution in [2.24, 2.45) is 5.73 Å². The van der Waals surface area contributed by atoms with E-state index >= 15 is 0 Å². The molecule has 0 rings (SSSR count). The first-order valence-electron chi connectivity index (χ1n) is 5.52. The van der Waals surface area contributed by atoms with E-state index in [9.17, 15) is 5.11 Å². The summed E-state index contributed by atoms with van der Waals surface area (Å²) in [7, 11) is 2.13. The zero-order chi connectivity index (χ0) is 11.2. The fraction of sp³-hybridized carbons (Fsp3) is 1.00. The first kappa shape index (κ1) is 13.9. The first-order chi connectivity index (χ1) is 6.39. The van der Waals surface area contributed by atoms with Gasteiger partial charge in [0.2, 0.25) is 0 Å². The monoisotopic (exact) mass is 202 g/mol. The number of hydrogen-bond acceptors (Lipinski definition) is 3. The molecule has 3 heteroatoms.